The number of halogens is 3. The van der Waals surface area contributed by atoms with E-state index >= 15 is 0 Å². The zero-order chi connectivity index (χ0) is 12.3. The Labute approximate surface area is 88.0 Å². The van der Waals surface area contributed by atoms with Crippen molar-refractivity contribution in [1.82, 2.24) is 9.78 Å². The lowest BCUT2D eigenvalue weighted by atomic mass is 10.3. The summed E-state index contributed by atoms with van der Waals surface area (Å²) in [6, 6.07) is 2.14. The molecule has 0 spiro atoms. The van der Waals surface area contributed by atoms with Crippen LogP contribution in [0.4, 0.5) is 13.2 Å². The van der Waals surface area contributed by atoms with Crippen LogP contribution in [0.15, 0.2) is 6.07 Å². The molecule has 0 aromatic carbocycles. The van der Waals surface area contributed by atoms with Gasteiger partial charge in [0.2, 0.25) is 0 Å². The second-order valence-corrected chi connectivity index (χ2v) is 2.72. The molecule has 0 saturated heterocycles. The molecule has 0 N–H and O–H groups in total. The fourth-order valence-electron chi connectivity index (χ4n) is 1.01. The van der Waals surface area contributed by atoms with Gasteiger partial charge in [0.25, 0.3) is 0 Å². The van der Waals surface area contributed by atoms with Gasteiger partial charge < -0.3 is 4.74 Å². The van der Waals surface area contributed by atoms with Gasteiger partial charge in [-0.05, 0) is 0 Å². The van der Waals surface area contributed by atoms with Crippen LogP contribution in [-0.2, 0) is 17.5 Å². The molecule has 0 radical (unpaired) electrons. The Morgan fingerprint density at radius 1 is 1.69 bits per heavy atom. The van der Waals surface area contributed by atoms with E-state index in [0.717, 1.165) is 7.11 Å². The molecule has 5 nitrogen and oxygen atoms in total. The summed E-state index contributed by atoms with van der Waals surface area (Å²) >= 11 is 0. The lowest BCUT2D eigenvalue weighted by Crippen LogP contribution is -2.11. The van der Waals surface area contributed by atoms with Crippen molar-refractivity contribution in [2.24, 2.45) is 0 Å². The van der Waals surface area contributed by atoms with E-state index in [0.29, 0.717) is 10.7 Å². The van der Waals surface area contributed by atoms with Crippen molar-refractivity contribution in [1.29, 1.82) is 5.26 Å². The van der Waals surface area contributed by atoms with Gasteiger partial charge >= 0.3 is 12.1 Å². The first-order chi connectivity index (χ1) is 7.40. The van der Waals surface area contributed by atoms with Crippen LogP contribution in [0, 0.1) is 11.3 Å². The molecule has 8 heteroatoms. The number of carbonyl (C=O) groups excluding carboxylic acids is 1. The zero-order valence-electron chi connectivity index (χ0n) is 8.08. The Balaban J connectivity index is 3.21. The summed E-state index contributed by atoms with van der Waals surface area (Å²) in [6.07, 6.45) is -4.66. The monoisotopic (exact) mass is 233 g/mol. The SMILES string of the molecule is COC(=O)c1cc(C(F)(F)F)nn1CC#N. The van der Waals surface area contributed by atoms with Crippen molar-refractivity contribution in [2.45, 2.75) is 12.7 Å². The van der Waals surface area contributed by atoms with E-state index in [-0.39, 0.29) is 0 Å². The highest BCUT2D eigenvalue weighted by Gasteiger charge is 2.36. The Morgan fingerprint density at radius 3 is 2.75 bits per heavy atom. The normalized spacial score (nSPS) is 10.9. The number of carbonyl (C=O) groups is 1. The molecule has 0 unspecified atom stereocenters. The number of alkyl halides is 3. The van der Waals surface area contributed by atoms with Gasteiger partial charge in [-0.25, -0.2) is 9.48 Å². The molecular weight excluding hydrogens is 227 g/mol. The van der Waals surface area contributed by atoms with Crippen LogP contribution in [0.25, 0.3) is 0 Å². The molecule has 0 fully saturated rings. The van der Waals surface area contributed by atoms with E-state index in [1.807, 2.05) is 0 Å². The minimum atomic E-state index is -4.66. The third-order valence-corrected chi connectivity index (χ3v) is 1.69. The van der Waals surface area contributed by atoms with Gasteiger partial charge in [0, 0.05) is 6.07 Å². The van der Waals surface area contributed by atoms with Crippen LogP contribution in [0.3, 0.4) is 0 Å². The van der Waals surface area contributed by atoms with Crippen LogP contribution in [-0.4, -0.2) is 22.9 Å². The van der Waals surface area contributed by atoms with Crippen molar-refractivity contribution >= 4 is 5.97 Å². The fraction of sp³-hybridized carbons (Fsp3) is 0.375. The number of nitriles is 1. The molecule has 1 rings (SSSR count). The van der Waals surface area contributed by atoms with Gasteiger partial charge in [0.15, 0.2) is 5.69 Å². The van der Waals surface area contributed by atoms with E-state index in [2.05, 4.69) is 9.84 Å². The van der Waals surface area contributed by atoms with Crippen molar-refractivity contribution in [2.75, 3.05) is 7.11 Å². The Kier molecular flexibility index (Phi) is 3.17. The summed E-state index contributed by atoms with van der Waals surface area (Å²) in [5, 5.41) is 11.5. The first kappa shape index (κ1) is 12.0. The van der Waals surface area contributed by atoms with Gasteiger partial charge in [0.1, 0.15) is 12.2 Å². The molecule has 0 amide bonds. The van der Waals surface area contributed by atoms with Crippen molar-refractivity contribution < 1.29 is 22.7 Å². The zero-order valence-corrected chi connectivity index (χ0v) is 8.08. The Morgan fingerprint density at radius 2 is 2.31 bits per heavy atom. The Hall–Kier alpha value is -2.04. The van der Waals surface area contributed by atoms with E-state index < -0.39 is 30.1 Å². The molecule has 0 atom stereocenters. The van der Waals surface area contributed by atoms with Gasteiger partial charge in [-0.15, -0.1) is 0 Å². The maximum atomic E-state index is 12.3. The maximum Gasteiger partial charge on any atom is 0.435 e. The fourth-order valence-corrected chi connectivity index (χ4v) is 1.01. The van der Waals surface area contributed by atoms with Gasteiger partial charge in [-0.3, -0.25) is 0 Å². The summed E-state index contributed by atoms with van der Waals surface area (Å²) in [5.41, 5.74) is -1.64. The number of aromatic nitrogens is 2. The Bertz CT molecular complexity index is 444. The highest BCUT2D eigenvalue weighted by molar-refractivity contribution is 5.87. The minimum absolute atomic E-state index is 0.406. The maximum absolute atomic E-state index is 12.3. The molecule has 1 aromatic heterocycles. The van der Waals surface area contributed by atoms with E-state index in [1.165, 1.54) is 0 Å². The lowest BCUT2D eigenvalue weighted by Gasteiger charge is -2.00. The number of hydrogen-bond donors (Lipinski definition) is 0. The number of rotatable bonds is 2. The third-order valence-electron chi connectivity index (χ3n) is 1.69. The first-order valence-electron chi connectivity index (χ1n) is 4.00. The number of esters is 1. The third kappa shape index (κ3) is 2.31. The van der Waals surface area contributed by atoms with Crippen LogP contribution >= 0.6 is 0 Å². The summed E-state index contributed by atoms with van der Waals surface area (Å²) in [5.74, 6) is -0.974. The molecule has 0 saturated carbocycles. The van der Waals surface area contributed by atoms with E-state index in [4.69, 9.17) is 5.26 Å². The number of nitrogens with zero attached hydrogens (tertiary/aromatic N) is 3. The average Bonchev–Trinajstić information content (AvgIpc) is 2.61. The molecule has 0 aliphatic heterocycles. The molecule has 0 aliphatic carbocycles. The smallest absolute Gasteiger partial charge is 0.435 e. The van der Waals surface area contributed by atoms with Crippen molar-refractivity contribution in [3.05, 3.63) is 17.5 Å². The molecule has 0 aliphatic rings. The number of hydrogen-bond acceptors (Lipinski definition) is 4. The molecule has 1 heterocycles. The van der Waals surface area contributed by atoms with E-state index in [1.54, 1.807) is 6.07 Å². The van der Waals surface area contributed by atoms with Crippen LogP contribution < -0.4 is 0 Å². The lowest BCUT2D eigenvalue weighted by molar-refractivity contribution is -0.141. The topological polar surface area (TPSA) is 67.9 Å². The number of methoxy groups -OCH3 is 1. The second-order valence-electron chi connectivity index (χ2n) is 2.72. The molecule has 0 bridgehead atoms. The molecule has 86 valence electrons. The largest absolute Gasteiger partial charge is 0.464 e. The predicted molar refractivity (Wildman–Crippen MR) is 44.2 cm³/mol. The highest BCUT2D eigenvalue weighted by atomic mass is 19.4. The van der Waals surface area contributed by atoms with Crippen molar-refractivity contribution in [3.63, 3.8) is 0 Å². The van der Waals surface area contributed by atoms with Gasteiger partial charge in [0.05, 0.1) is 13.2 Å². The summed E-state index contributed by atoms with van der Waals surface area (Å²) in [6.45, 7) is -0.458. The van der Waals surface area contributed by atoms with Crippen molar-refractivity contribution in [3.8, 4) is 6.07 Å². The number of ether oxygens (including phenoxy) is 1. The van der Waals surface area contributed by atoms with E-state index in [9.17, 15) is 18.0 Å². The predicted octanol–water partition coefficient (Wildman–Crippen LogP) is 1.21. The summed E-state index contributed by atoms with van der Waals surface area (Å²) in [4.78, 5) is 11.1. The summed E-state index contributed by atoms with van der Waals surface area (Å²) in [7, 11) is 1.03. The van der Waals surface area contributed by atoms with Crippen LogP contribution in [0.1, 0.15) is 16.2 Å². The molecular formula is C8H6F3N3O2. The highest BCUT2D eigenvalue weighted by Crippen LogP contribution is 2.28. The van der Waals surface area contributed by atoms with Gasteiger partial charge in [-0.1, -0.05) is 0 Å². The summed E-state index contributed by atoms with van der Waals surface area (Å²) < 4.78 is 41.8. The molecule has 1 aromatic rings. The van der Waals surface area contributed by atoms with Crippen LogP contribution in [0.2, 0.25) is 0 Å². The average molecular weight is 233 g/mol. The minimum Gasteiger partial charge on any atom is -0.464 e. The van der Waals surface area contributed by atoms with Gasteiger partial charge in [-0.2, -0.15) is 23.5 Å². The quantitative estimate of drug-likeness (QED) is 0.720. The standard InChI is InChI=1S/C8H6F3N3O2/c1-16-7(15)5-4-6(8(9,10)11)13-14(5)3-2-12/h4H,3H2,1H3. The molecule has 16 heavy (non-hydrogen) atoms. The second kappa shape index (κ2) is 4.22. The van der Waals surface area contributed by atoms with Crippen LogP contribution in [0.5, 0.6) is 0 Å². The first-order valence-corrected chi connectivity index (χ1v) is 4.00.